The van der Waals surface area contributed by atoms with Gasteiger partial charge in [-0.05, 0) is 41.2 Å². The summed E-state index contributed by atoms with van der Waals surface area (Å²) in [5.74, 6) is -0.0610. The third-order valence-corrected chi connectivity index (χ3v) is 5.79. The molecule has 0 aliphatic rings. The topological polar surface area (TPSA) is 63.2 Å². The Hall–Kier alpha value is -2.71. The van der Waals surface area contributed by atoms with Crippen molar-refractivity contribution < 1.29 is 9.53 Å². The predicted octanol–water partition coefficient (Wildman–Crippen LogP) is 6.16. The lowest BCUT2D eigenvalue weighted by Gasteiger charge is -2.10. The highest BCUT2D eigenvalue weighted by Crippen LogP contribution is 2.31. The lowest BCUT2D eigenvalue weighted by molar-refractivity contribution is -0.121. The van der Waals surface area contributed by atoms with Crippen LogP contribution in [-0.2, 0) is 4.79 Å². The van der Waals surface area contributed by atoms with E-state index in [2.05, 4.69) is 33.8 Å². The second kappa shape index (κ2) is 9.62. The Labute approximate surface area is 198 Å². The minimum absolute atomic E-state index is 0.134. The van der Waals surface area contributed by atoms with E-state index in [1.54, 1.807) is 18.2 Å². The molecule has 0 unspecified atom stereocenters. The fraction of sp³-hybridized carbons (Fsp3) is 0.0455. The Kier molecular flexibility index (Phi) is 6.67. The van der Waals surface area contributed by atoms with E-state index < -0.39 is 5.91 Å². The molecular weight excluding hydrogens is 473 g/mol. The van der Waals surface area contributed by atoms with Gasteiger partial charge >= 0.3 is 0 Å². The first-order chi connectivity index (χ1) is 15.0. The molecule has 1 aromatic heterocycles. The number of nitrogens with one attached hydrogen (secondary N) is 2. The molecule has 0 radical (unpaired) electrons. The lowest BCUT2D eigenvalue weighted by Crippen LogP contribution is -2.37. The van der Waals surface area contributed by atoms with Gasteiger partial charge in [0.25, 0.3) is 5.91 Å². The maximum atomic E-state index is 12.1. The number of halogens is 2. The fourth-order valence-corrected chi connectivity index (χ4v) is 4.38. The van der Waals surface area contributed by atoms with Crippen molar-refractivity contribution >= 4 is 73.7 Å². The smallest absolute Gasteiger partial charge is 0.264 e. The van der Waals surface area contributed by atoms with Crippen LogP contribution in [0, 0.1) is 0 Å². The summed E-state index contributed by atoms with van der Waals surface area (Å²) in [6.07, 6.45) is 0. The Morgan fingerprint density at radius 1 is 1.10 bits per heavy atom. The van der Waals surface area contributed by atoms with Crippen LogP contribution >= 0.6 is 46.8 Å². The zero-order valence-corrected chi connectivity index (χ0v) is 19.0. The van der Waals surface area contributed by atoms with Gasteiger partial charge in [0, 0.05) is 16.0 Å². The fourth-order valence-electron chi connectivity index (χ4n) is 2.93. The molecule has 1 amide bonds. The van der Waals surface area contributed by atoms with Crippen LogP contribution in [0.1, 0.15) is 0 Å². The quantitative estimate of drug-likeness (QED) is 0.330. The van der Waals surface area contributed by atoms with Crippen LogP contribution in [-0.4, -0.2) is 22.6 Å². The number of rotatable bonds is 5. The standard InChI is InChI=1S/C22H15Cl2N3O2S2/c23-14-8-9-19(17(24)10-14)29-11-20(28)26-21(30)27-22-25-18(12-31-22)16-7-3-5-13-4-1-2-6-15(13)16/h1-10,12H,11H2,(H2,25,26,27,28,30). The molecule has 1 heterocycles. The molecule has 0 aliphatic heterocycles. The number of carbonyl (C=O) groups excluding carboxylic acids is 1. The van der Waals surface area contributed by atoms with Crippen molar-refractivity contribution in [1.82, 2.24) is 10.3 Å². The second-order valence-corrected chi connectivity index (χ2v) is 8.54. The van der Waals surface area contributed by atoms with Crippen LogP contribution < -0.4 is 15.4 Å². The molecular formula is C22H15Cl2N3O2S2. The number of fused-ring (bicyclic) bond motifs is 1. The molecule has 0 saturated heterocycles. The third-order valence-electron chi connectivity index (χ3n) is 4.30. The second-order valence-electron chi connectivity index (χ2n) is 6.43. The van der Waals surface area contributed by atoms with Crippen molar-refractivity contribution in [3.8, 4) is 17.0 Å². The molecule has 31 heavy (non-hydrogen) atoms. The summed E-state index contributed by atoms with van der Waals surface area (Å²) in [6, 6.07) is 19.0. The van der Waals surface area contributed by atoms with Crippen LogP contribution in [0.5, 0.6) is 5.75 Å². The number of anilines is 1. The van der Waals surface area contributed by atoms with Crippen molar-refractivity contribution in [3.05, 3.63) is 76.1 Å². The van der Waals surface area contributed by atoms with Crippen LogP contribution in [0.4, 0.5) is 5.13 Å². The van der Waals surface area contributed by atoms with E-state index in [-0.39, 0.29) is 11.7 Å². The highest BCUT2D eigenvalue weighted by molar-refractivity contribution is 7.80. The average molecular weight is 488 g/mol. The molecule has 156 valence electrons. The summed E-state index contributed by atoms with van der Waals surface area (Å²) < 4.78 is 5.40. The number of hydrogen-bond acceptors (Lipinski definition) is 5. The Balaban J connectivity index is 1.36. The lowest BCUT2D eigenvalue weighted by atomic mass is 10.0. The van der Waals surface area contributed by atoms with E-state index in [0.717, 1.165) is 22.0 Å². The zero-order valence-electron chi connectivity index (χ0n) is 15.9. The summed E-state index contributed by atoms with van der Waals surface area (Å²) in [4.78, 5) is 16.7. The van der Waals surface area contributed by atoms with Crippen LogP contribution in [0.3, 0.4) is 0 Å². The van der Waals surface area contributed by atoms with Crippen molar-refractivity contribution in [2.24, 2.45) is 0 Å². The molecule has 4 rings (SSSR count). The van der Waals surface area contributed by atoms with Gasteiger partial charge in [-0.25, -0.2) is 4.98 Å². The molecule has 9 heteroatoms. The van der Waals surface area contributed by atoms with Crippen molar-refractivity contribution in [2.75, 3.05) is 11.9 Å². The van der Waals surface area contributed by atoms with E-state index in [1.807, 2.05) is 29.6 Å². The maximum Gasteiger partial charge on any atom is 0.264 e. The van der Waals surface area contributed by atoms with Crippen molar-refractivity contribution in [1.29, 1.82) is 0 Å². The van der Waals surface area contributed by atoms with Crippen molar-refractivity contribution in [3.63, 3.8) is 0 Å². The highest BCUT2D eigenvalue weighted by Gasteiger charge is 2.11. The number of carbonyl (C=O) groups is 1. The summed E-state index contributed by atoms with van der Waals surface area (Å²) in [5.41, 5.74) is 1.87. The first-order valence-corrected chi connectivity index (χ1v) is 11.2. The van der Waals surface area contributed by atoms with E-state index in [1.165, 1.54) is 11.3 Å². The summed E-state index contributed by atoms with van der Waals surface area (Å²) in [7, 11) is 0. The number of nitrogens with zero attached hydrogens (tertiary/aromatic N) is 1. The number of ether oxygens (including phenoxy) is 1. The minimum Gasteiger partial charge on any atom is -0.482 e. The molecule has 0 spiro atoms. The highest BCUT2D eigenvalue weighted by atomic mass is 35.5. The number of benzene rings is 3. The molecule has 0 bridgehead atoms. The van der Waals surface area contributed by atoms with Crippen LogP contribution in [0.25, 0.3) is 22.0 Å². The van der Waals surface area contributed by atoms with Gasteiger partial charge in [-0.15, -0.1) is 11.3 Å². The molecule has 0 fully saturated rings. The monoisotopic (exact) mass is 487 g/mol. The molecule has 2 N–H and O–H groups in total. The minimum atomic E-state index is -0.422. The van der Waals surface area contributed by atoms with Gasteiger partial charge in [0.15, 0.2) is 16.9 Å². The Morgan fingerprint density at radius 3 is 2.74 bits per heavy atom. The van der Waals surface area contributed by atoms with E-state index >= 15 is 0 Å². The number of thiazole rings is 1. The van der Waals surface area contributed by atoms with Gasteiger partial charge in [0.2, 0.25) is 0 Å². The van der Waals surface area contributed by atoms with E-state index in [4.69, 9.17) is 40.2 Å². The molecule has 0 saturated carbocycles. The largest absolute Gasteiger partial charge is 0.482 e. The average Bonchev–Trinajstić information content (AvgIpc) is 3.20. The molecule has 3 aromatic carbocycles. The van der Waals surface area contributed by atoms with Crippen LogP contribution in [0.2, 0.25) is 10.0 Å². The first-order valence-electron chi connectivity index (χ1n) is 9.12. The zero-order chi connectivity index (χ0) is 21.8. The van der Waals surface area contributed by atoms with Crippen molar-refractivity contribution in [2.45, 2.75) is 0 Å². The van der Waals surface area contributed by atoms with Gasteiger partial charge in [-0.1, -0.05) is 65.7 Å². The summed E-state index contributed by atoms with van der Waals surface area (Å²) in [5, 5.41) is 11.2. The Morgan fingerprint density at radius 2 is 1.90 bits per heavy atom. The predicted molar refractivity (Wildman–Crippen MR) is 131 cm³/mol. The van der Waals surface area contributed by atoms with Crippen LogP contribution in [0.15, 0.2) is 66.0 Å². The van der Waals surface area contributed by atoms with E-state index in [0.29, 0.717) is 20.9 Å². The van der Waals surface area contributed by atoms with Gasteiger partial charge in [-0.3, -0.25) is 10.1 Å². The first kappa shape index (κ1) is 21.5. The van der Waals surface area contributed by atoms with Gasteiger partial charge in [0.1, 0.15) is 5.75 Å². The van der Waals surface area contributed by atoms with Gasteiger partial charge < -0.3 is 10.1 Å². The molecule has 5 nitrogen and oxygen atoms in total. The number of hydrogen-bond donors (Lipinski definition) is 2. The Bertz CT molecular complexity index is 1270. The van der Waals surface area contributed by atoms with Gasteiger partial charge in [0.05, 0.1) is 10.7 Å². The van der Waals surface area contributed by atoms with E-state index in [9.17, 15) is 4.79 Å². The molecule has 4 aromatic rings. The number of aromatic nitrogens is 1. The summed E-state index contributed by atoms with van der Waals surface area (Å²) in [6.45, 7) is -0.248. The number of amides is 1. The van der Waals surface area contributed by atoms with Gasteiger partial charge in [-0.2, -0.15) is 0 Å². The SMILES string of the molecule is O=C(COc1ccc(Cl)cc1Cl)NC(=S)Nc1nc(-c2cccc3ccccc23)cs1. The maximum absolute atomic E-state index is 12.1. The number of thiocarbonyl (C=S) groups is 1. The third kappa shape index (κ3) is 5.32. The molecule has 0 atom stereocenters. The normalized spacial score (nSPS) is 10.6. The molecule has 0 aliphatic carbocycles. The summed E-state index contributed by atoms with van der Waals surface area (Å²) >= 11 is 18.5.